The molecule has 2 aromatic rings. The van der Waals surface area contributed by atoms with Gasteiger partial charge in [-0.3, -0.25) is 4.79 Å². The first-order valence-corrected chi connectivity index (χ1v) is 9.33. The molecule has 0 radical (unpaired) electrons. The number of hydrogen-bond donors (Lipinski definition) is 2. The van der Waals surface area contributed by atoms with E-state index in [9.17, 15) is 4.79 Å². The summed E-state index contributed by atoms with van der Waals surface area (Å²) in [6.07, 6.45) is 0. The molecule has 0 unspecified atom stereocenters. The standard InChI is InChI=1S/C18H21BrN2OS/c1-21(2)12-15-6-4-3-5-14(15)11-20-18(22)13-23-17-9-7-16(19)8-10-17/h3-10H,11-13H2,1-2H3,(H,20,22)/p+1. The molecule has 5 heteroatoms. The number of halogens is 1. The number of quaternary nitrogens is 1. The fourth-order valence-electron chi connectivity index (χ4n) is 2.21. The largest absolute Gasteiger partial charge is 0.351 e. The lowest BCUT2D eigenvalue weighted by Gasteiger charge is -2.13. The van der Waals surface area contributed by atoms with Gasteiger partial charge in [0.1, 0.15) is 6.54 Å². The van der Waals surface area contributed by atoms with Gasteiger partial charge >= 0.3 is 0 Å². The second-order valence-electron chi connectivity index (χ2n) is 5.67. The second-order valence-corrected chi connectivity index (χ2v) is 7.64. The van der Waals surface area contributed by atoms with E-state index in [4.69, 9.17) is 0 Å². The summed E-state index contributed by atoms with van der Waals surface area (Å²) in [5.41, 5.74) is 2.48. The molecule has 23 heavy (non-hydrogen) atoms. The van der Waals surface area contributed by atoms with Gasteiger partial charge in [0, 0.05) is 21.5 Å². The Morgan fingerprint density at radius 2 is 1.74 bits per heavy atom. The van der Waals surface area contributed by atoms with Crippen molar-refractivity contribution in [2.45, 2.75) is 18.0 Å². The van der Waals surface area contributed by atoms with Gasteiger partial charge in [-0.25, -0.2) is 0 Å². The monoisotopic (exact) mass is 393 g/mol. The van der Waals surface area contributed by atoms with E-state index in [1.54, 1.807) is 11.8 Å². The highest BCUT2D eigenvalue weighted by molar-refractivity contribution is 9.10. The molecule has 2 rings (SSSR count). The zero-order chi connectivity index (χ0) is 16.7. The summed E-state index contributed by atoms with van der Waals surface area (Å²) >= 11 is 4.96. The number of rotatable bonds is 7. The Labute approximate surface area is 150 Å². The first kappa shape index (κ1) is 18.0. The number of benzene rings is 2. The van der Waals surface area contributed by atoms with Gasteiger partial charge in [0.25, 0.3) is 0 Å². The Balaban J connectivity index is 1.83. The first-order valence-electron chi connectivity index (χ1n) is 7.55. The first-order chi connectivity index (χ1) is 11.0. The zero-order valence-electron chi connectivity index (χ0n) is 13.4. The van der Waals surface area contributed by atoms with Crippen LogP contribution in [0.5, 0.6) is 0 Å². The minimum Gasteiger partial charge on any atom is -0.351 e. The lowest BCUT2D eigenvalue weighted by molar-refractivity contribution is -0.872. The van der Waals surface area contributed by atoms with Crippen LogP contribution in [0.4, 0.5) is 0 Å². The van der Waals surface area contributed by atoms with Crippen LogP contribution in [0.25, 0.3) is 0 Å². The summed E-state index contributed by atoms with van der Waals surface area (Å²) < 4.78 is 1.05. The Hall–Kier alpha value is -1.30. The van der Waals surface area contributed by atoms with Crippen molar-refractivity contribution in [2.75, 3.05) is 19.8 Å². The van der Waals surface area contributed by atoms with Gasteiger partial charge in [0.15, 0.2) is 0 Å². The third kappa shape index (κ3) is 6.37. The van der Waals surface area contributed by atoms with Crippen LogP contribution in [0.15, 0.2) is 57.9 Å². The molecule has 122 valence electrons. The molecular formula is C18H22BrN2OS+. The predicted octanol–water partition coefficient (Wildman–Crippen LogP) is 2.50. The predicted molar refractivity (Wildman–Crippen MR) is 99.7 cm³/mol. The summed E-state index contributed by atoms with van der Waals surface area (Å²) in [5.74, 6) is 0.493. The normalized spacial score (nSPS) is 10.8. The van der Waals surface area contributed by atoms with Gasteiger partial charge in [-0.1, -0.05) is 40.2 Å². The summed E-state index contributed by atoms with van der Waals surface area (Å²) in [7, 11) is 4.26. The summed E-state index contributed by atoms with van der Waals surface area (Å²) in [5, 5.41) is 3.02. The Morgan fingerprint density at radius 1 is 1.09 bits per heavy atom. The SMILES string of the molecule is C[NH+](C)Cc1ccccc1CNC(=O)CSc1ccc(Br)cc1. The molecular weight excluding hydrogens is 372 g/mol. The van der Waals surface area contributed by atoms with E-state index in [-0.39, 0.29) is 5.91 Å². The molecule has 0 aliphatic rings. The van der Waals surface area contributed by atoms with Crippen LogP contribution in [-0.4, -0.2) is 25.8 Å². The maximum atomic E-state index is 12.0. The van der Waals surface area contributed by atoms with Crippen LogP contribution >= 0.6 is 27.7 Å². The maximum Gasteiger partial charge on any atom is 0.230 e. The highest BCUT2D eigenvalue weighted by Crippen LogP contribution is 2.20. The average Bonchev–Trinajstić information content (AvgIpc) is 2.53. The molecule has 2 aromatic carbocycles. The van der Waals surface area contributed by atoms with Crippen molar-refractivity contribution in [3.05, 3.63) is 64.1 Å². The molecule has 0 saturated heterocycles. The van der Waals surface area contributed by atoms with Crippen LogP contribution in [0, 0.1) is 0 Å². The molecule has 0 aromatic heterocycles. The maximum absolute atomic E-state index is 12.0. The quantitative estimate of drug-likeness (QED) is 0.708. The summed E-state index contributed by atoms with van der Waals surface area (Å²) in [6, 6.07) is 16.3. The van der Waals surface area contributed by atoms with Crippen LogP contribution in [0.2, 0.25) is 0 Å². The number of carbonyl (C=O) groups is 1. The van der Waals surface area contributed by atoms with Gasteiger partial charge in [-0.05, 0) is 29.8 Å². The van der Waals surface area contributed by atoms with Crippen molar-refractivity contribution in [3.8, 4) is 0 Å². The minimum absolute atomic E-state index is 0.0601. The third-order valence-corrected chi connectivity index (χ3v) is 4.86. The highest BCUT2D eigenvalue weighted by Gasteiger charge is 2.07. The lowest BCUT2D eigenvalue weighted by Crippen LogP contribution is -3.04. The van der Waals surface area contributed by atoms with Crippen LogP contribution in [0.3, 0.4) is 0 Å². The summed E-state index contributed by atoms with van der Waals surface area (Å²) in [4.78, 5) is 14.5. The van der Waals surface area contributed by atoms with Crippen molar-refractivity contribution in [2.24, 2.45) is 0 Å². The van der Waals surface area contributed by atoms with Crippen molar-refractivity contribution in [3.63, 3.8) is 0 Å². The third-order valence-electron chi connectivity index (χ3n) is 3.32. The van der Waals surface area contributed by atoms with Gasteiger partial charge in [0.2, 0.25) is 5.91 Å². The van der Waals surface area contributed by atoms with Crippen molar-refractivity contribution in [1.29, 1.82) is 0 Å². The van der Waals surface area contributed by atoms with E-state index >= 15 is 0 Å². The molecule has 3 nitrogen and oxygen atoms in total. The number of carbonyl (C=O) groups excluding carboxylic acids is 1. The zero-order valence-corrected chi connectivity index (χ0v) is 15.8. The van der Waals surface area contributed by atoms with Crippen LogP contribution in [0.1, 0.15) is 11.1 Å². The lowest BCUT2D eigenvalue weighted by atomic mass is 10.1. The van der Waals surface area contributed by atoms with Gasteiger partial charge in [-0.15, -0.1) is 11.8 Å². The highest BCUT2D eigenvalue weighted by atomic mass is 79.9. The van der Waals surface area contributed by atoms with Crippen molar-refractivity contribution >= 4 is 33.6 Å². The Morgan fingerprint density at radius 3 is 2.39 bits per heavy atom. The Bertz CT molecular complexity index is 644. The number of amides is 1. The van der Waals surface area contributed by atoms with E-state index in [2.05, 4.69) is 47.5 Å². The number of hydrogen-bond acceptors (Lipinski definition) is 2. The number of nitrogens with one attached hydrogen (secondary N) is 2. The van der Waals surface area contributed by atoms with Gasteiger partial charge in [0.05, 0.1) is 19.8 Å². The van der Waals surface area contributed by atoms with E-state index in [1.807, 2.05) is 36.4 Å². The average molecular weight is 394 g/mol. The summed E-state index contributed by atoms with van der Waals surface area (Å²) in [6.45, 7) is 1.54. The molecule has 1 amide bonds. The molecule has 0 saturated carbocycles. The molecule has 0 bridgehead atoms. The Kier molecular flexibility index (Phi) is 7.15. The second kappa shape index (κ2) is 9.11. The molecule has 0 heterocycles. The minimum atomic E-state index is 0.0601. The van der Waals surface area contributed by atoms with E-state index in [0.29, 0.717) is 12.3 Å². The van der Waals surface area contributed by atoms with Crippen molar-refractivity contribution < 1.29 is 9.69 Å². The van der Waals surface area contributed by atoms with Gasteiger partial charge < -0.3 is 10.2 Å². The van der Waals surface area contributed by atoms with Crippen LogP contribution in [-0.2, 0) is 17.9 Å². The molecule has 0 fully saturated rings. The number of thioether (sulfide) groups is 1. The molecule has 0 aliphatic carbocycles. The van der Waals surface area contributed by atoms with Gasteiger partial charge in [-0.2, -0.15) is 0 Å². The molecule has 0 aliphatic heterocycles. The topological polar surface area (TPSA) is 33.5 Å². The van der Waals surface area contributed by atoms with Crippen molar-refractivity contribution in [1.82, 2.24) is 5.32 Å². The molecule has 0 spiro atoms. The fourth-order valence-corrected chi connectivity index (χ4v) is 3.20. The fraction of sp³-hybridized carbons (Fsp3) is 0.278. The van der Waals surface area contributed by atoms with E-state index < -0.39 is 0 Å². The van der Waals surface area contributed by atoms with E-state index in [1.165, 1.54) is 16.0 Å². The smallest absolute Gasteiger partial charge is 0.230 e. The van der Waals surface area contributed by atoms with Crippen LogP contribution < -0.4 is 10.2 Å². The molecule has 0 atom stereocenters. The molecule has 2 N–H and O–H groups in total. The van der Waals surface area contributed by atoms with E-state index in [0.717, 1.165) is 15.9 Å².